The molecule has 0 unspecified atom stereocenters. The van der Waals surface area contributed by atoms with Gasteiger partial charge < -0.3 is 0 Å². The molecule has 0 bridgehead atoms. The van der Waals surface area contributed by atoms with E-state index in [0.29, 0.717) is 11.1 Å². The molecule has 0 aromatic heterocycles. The first-order chi connectivity index (χ1) is 9.65. The summed E-state index contributed by atoms with van der Waals surface area (Å²) in [4.78, 5) is 23.0. The Morgan fingerprint density at radius 2 is 1.10 bits per heavy atom. The highest BCUT2D eigenvalue weighted by Crippen LogP contribution is 2.16. The average Bonchev–Trinajstić information content (AvgIpc) is 2.50. The van der Waals surface area contributed by atoms with Crippen molar-refractivity contribution in [2.24, 2.45) is 11.7 Å². The van der Waals surface area contributed by atoms with E-state index in [1.165, 1.54) is 0 Å². The Morgan fingerprint density at radius 1 is 0.700 bits per heavy atom. The minimum Gasteiger partial charge on any atom is -0.290 e. The number of hydrogen-bond donors (Lipinski definition) is 4. The van der Waals surface area contributed by atoms with Gasteiger partial charge in [-0.15, -0.1) is 0 Å². The molecular weight excluding hydrogens is 256 g/mol. The van der Waals surface area contributed by atoms with Crippen molar-refractivity contribution in [2.45, 2.75) is 0 Å². The van der Waals surface area contributed by atoms with E-state index in [1.54, 1.807) is 24.3 Å². The molecule has 100 valence electrons. The number of nitrogens with two attached hydrogens (primary N) is 2. The molecule has 6 N–H and O–H groups in total. The molecule has 6 heteroatoms. The van der Waals surface area contributed by atoms with Gasteiger partial charge in [0.05, 0.1) is 0 Å². The van der Waals surface area contributed by atoms with Gasteiger partial charge in [0, 0.05) is 11.1 Å². The number of fused-ring (bicyclic) bond motifs is 2. The lowest BCUT2D eigenvalue weighted by Gasteiger charge is -2.08. The van der Waals surface area contributed by atoms with Gasteiger partial charge in [-0.3, -0.25) is 20.4 Å². The second-order valence-electron chi connectivity index (χ2n) is 4.47. The Kier molecular flexibility index (Phi) is 2.74. The largest absolute Gasteiger partial charge is 0.290 e. The van der Waals surface area contributed by atoms with Crippen LogP contribution in [0.5, 0.6) is 0 Å². The number of benzene rings is 2. The summed E-state index contributed by atoms with van der Waals surface area (Å²) < 4.78 is 0. The van der Waals surface area contributed by atoms with E-state index in [2.05, 4.69) is 10.9 Å². The van der Waals surface area contributed by atoms with Gasteiger partial charge in [-0.05, 0) is 45.1 Å². The summed E-state index contributed by atoms with van der Waals surface area (Å²) >= 11 is 0. The van der Waals surface area contributed by atoms with Crippen LogP contribution in [-0.2, 0) is 0 Å². The van der Waals surface area contributed by atoms with Gasteiger partial charge in [0.25, 0.3) is 11.8 Å². The Hall–Kier alpha value is -2.70. The van der Waals surface area contributed by atoms with Gasteiger partial charge in [0.15, 0.2) is 0 Å². The average molecular weight is 268 g/mol. The number of nitrogen functional groups attached to an aromatic ring is 2. The predicted octanol–water partition coefficient (Wildman–Crippen LogP) is -0.219. The van der Waals surface area contributed by atoms with Gasteiger partial charge >= 0.3 is 0 Å². The van der Waals surface area contributed by atoms with E-state index >= 15 is 0 Å². The van der Waals surface area contributed by atoms with Crippen LogP contribution in [-0.4, -0.2) is 11.8 Å². The molecule has 0 aliphatic heterocycles. The second kappa shape index (κ2) is 4.44. The molecule has 6 nitrogen and oxygen atoms in total. The van der Waals surface area contributed by atoms with Crippen molar-refractivity contribution < 1.29 is 9.59 Å². The van der Waals surface area contributed by atoms with Crippen molar-refractivity contribution in [1.29, 1.82) is 0 Å². The Bertz CT molecular complexity index is 846. The van der Waals surface area contributed by atoms with Gasteiger partial charge in [0.1, 0.15) is 0 Å². The molecule has 0 saturated carbocycles. The summed E-state index contributed by atoms with van der Waals surface area (Å²) in [6.45, 7) is 0. The van der Waals surface area contributed by atoms with E-state index in [1.807, 2.05) is 12.1 Å². The summed E-state index contributed by atoms with van der Waals surface area (Å²) in [6, 6.07) is 10.7. The highest BCUT2D eigenvalue weighted by molar-refractivity contribution is 5.94. The fourth-order valence-corrected chi connectivity index (χ4v) is 2.39. The molecule has 0 heterocycles. The Labute approximate surface area is 113 Å². The van der Waals surface area contributed by atoms with Crippen LogP contribution in [0.25, 0.3) is 0 Å². The van der Waals surface area contributed by atoms with E-state index < -0.39 is 0 Å². The third-order valence-electron chi connectivity index (χ3n) is 3.41. The fourth-order valence-electron chi connectivity index (χ4n) is 2.39. The minimum atomic E-state index is -0.350. The molecule has 0 fully saturated rings. The first-order valence-corrected chi connectivity index (χ1v) is 5.96. The lowest BCUT2D eigenvalue weighted by atomic mass is 9.97. The zero-order chi connectivity index (χ0) is 14.3. The first-order valence-electron chi connectivity index (χ1n) is 5.96. The Morgan fingerprint density at radius 3 is 1.45 bits per heavy atom. The summed E-state index contributed by atoms with van der Waals surface area (Å²) in [5.41, 5.74) is 5.15. The van der Waals surface area contributed by atoms with E-state index in [0.717, 1.165) is 20.9 Å². The van der Waals surface area contributed by atoms with Crippen LogP contribution in [0.1, 0.15) is 20.7 Å². The number of carbonyl (C=O) groups is 2. The minimum absolute atomic E-state index is 0.350. The van der Waals surface area contributed by atoms with E-state index in [4.69, 9.17) is 11.7 Å². The number of nitrogens with one attached hydrogen (secondary N) is 2. The van der Waals surface area contributed by atoms with E-state index in [-0.39, 0.29) is 11.8 Å². The molecule has 2 amide bonds. The summed E-state index contributed by atoms with van der Waals surface area (Å²) in [7, 11) is 0. The molecule has 3 rings (SSSR count). The predicted molar refractivity (Wildman–Crippen MR) is 71.5 cm³/mol. The third kappa shape index (κ3) is 1.67. The van der Waals surface area contributed by atoms with Crippen LogP contribution >= 0.6 is 0 Å². The Balaban J connectivity index is 2.23. The van der Waals surface area contributed by atoms with Crippen molar-refractivity contribution in [2.75, 3.05) is 0 Å². The van der Waals surface area contributed by atoms with Gasteiger partial charge in [-0.1, -0.05) is 12.1 Å². The van der Waals surface area contributed by atoms with Crippen molar-refractivity contribution in [3.63, 3.8) is 0 Å². The first kappa shape index (κ1) is 12.3. The molecule has 20 heavy (non-hydrogen) atoms. The second-order valence-corrected chi connectivity index (χ2v) is 4.47. The normalized spacial score (nSPS) is 10.9. The van der Waals surface area contributed by atoms with Gasteiger partial charge in [-0.25, -0.2) is 11.7 Å². The van der Waals surface area contributed by atoms with Gasteiger partial charge in [0.2, 0.25) is 0 Å². The molecular formula is C14H12N4O2. The fraction of sp³-hybridized carbons (Fsp3) is 0. The summed E-state index contributed by atoms with van der Waals surface area (Å²) in [5.74, 6) is 9.54. The zero-order valence-electron chi connectivity index (χ0n) is 10.4. The molecule has 2 aromatic carbocycles. The monoisotopic (exact) mass is 268 g/mol. The number of amides is 2. The topological polar surface area (TPSA) is 110 Å². The third-order valence-corrected chi connectivity index (χ3v) is 3.41. The maximum Gasteiger partial charge on any atom is 0.265 e. The molecule has 0 saturated heterocycles. The molecule has 0 radical (unpaired) electrons. The molecule has 1 aliphatic carbocycles. The number of hydrogen-bond acceptors (Lipinski definition) is 4. The molecule has 1 aliphatic rings. The molecule has 2 aromatic rings. The lowest BCUT2D eigenvalue weighted by molar-refractivity contribution is 0.0945. The van der Waals surface area contributed by atoms with Crippen molar-refractivity contribution in [1.82, 2.24) is 10.9 Å². The van der Waals surface area contributed by atoms with Crippen LogP contribution in [0.4, 0.5) is 0 Å². The quantitative estimate of drug-likeness (QED) is 0.292. The zero-order valence-corrected chi connectivity index (χ0v) is 10.4. The summed E-state index contributed by atoms with van der Waals surface area (Å²) in [5, 5.41) is 3.95. The van der Waals surface area contributed by atoms with Crippen LogP contribution < -0.4 is 22.5 Å². The van der Waals surface area contributed by atoms with Crippen LogP contribution in [0, 0.1) is 20.9 Å². The standard InChI is InChI=1S/C14H12N4O2/c15-17-13(19)7-1-3-9-10-4-2-8(14(20)18-16)6-12(10)11(9)5-7/h1-6H,15-16H2,(H,17,19)(H,18,20). The van der Waals surface area contributed by atoms with Crippen LogP contribution in [0.15, 0.2) is 36.4 Å². The molecule has 0 atom stereocenters. The van der Waals surface area contributed by atoms with Gasteiger partial charge in [-0.2, -0.15) is 0 Å². The lowest BCUT2D eigenvalue weighted by Crippen LogP contribution is -2.30. The van der Waals surface area contributed by atoms with Crippen LogP contribution in [0.3, 0.4) is 0 Å². The number of carbonyl (C=O) groups excluding carboxylic acids is 2. The van der Waals surface area contributed by atoms with Crippen LogP contribution in [0.2, 0.25) is 0 Å². The SMILES string of the molecule is NNC(=O)c1ccc2c(c1)=c1cc(C(=O)NN)ccc1=2. The van der Waals surface area contributed by atoms with Crippen molar-refractivity contribution >= 4 is 11.8 Å². The number of hydrazine groups is 2. The maximum absolute atomic E-state index is 11.5. The van der Waals surface area contributed by atoms with E-state index in [9.17, 15) is 9.59 Å². The summed E-state index contributed by atoms with van der Waals surface area (Å²) in [6.07, 6.45) is 0. The molecule has 0 spiro atoms. The smallest absolute Gasteiger partial charge is 0.265 e. The maximum atomic E-state index is 11.5. The highest BCUT2D eigenvalue weighted by Gasteiger charge is 2.10. The van der Waals surface area contributed by atoms with Crippen molar-refractivity contribution in [3.8, 4) is 0 Å². The van der Waals surface area contributed by atoms with Crippen molar-refractivity contribution in [3.05, 3.63) is 68.4 Å². The highest BCUT2D eigenvalue weighted by atomic mass is 16.2. The number of rotatable bonds is 2.